The summed E-state index contributed by atoms with van der Waals surface area (Å²) in [6.07, 6.45) is 0.694. The molecule has 1 unspecified atom stereocenters. The SMILES string of the molecule is O=C(/C(=C\c1ccccc1)C(O)c1ccc(Cl)cc1)c1ccccc1. The molecule has 0 spiro atoms. The average Bonchev–Trinajstić information content (AvgIpc) is 2.67. The highest BCUT2D eigenvalue weighted by Crippen LogP contribution is 2.27. The van der Waals surface area contributed by atoms with E-state index >= 15 is 0 Å². The van der Waals surface area contributed by atoms with E-state index in [0.29, 0.717) is 21.7 Å². The molecule has 124 valence electrons. The molecule has 0 saturated carbocycles. The number of hydrogen-bond donors (Lipinski definition) is 1. The van der Waals surface area contributed by atoms with Gasteiger partial charge in [-0.1, -0.05) is 84.4 Å². The maximum absolute atomic E-state index is 13.0. The Morgan fingerprint density at radius 2 is 1.40 bits per heavy atom. The molecule has 0 aromatic heterocycles. The van der Waals surface area contributed by atoms with Gasteiger partial charge in [-0.15, -0.1) is 0 Å². The zero-order valence-electron chi connectivity index (χ0n) is 13.5. The minimum absolute atomic E-state index is 0.202. The number of carbonyl (C=O) groups excluding carboxylic acids is 1. The van der Waals surface area contributed by atoms with Gasteiger partial charge in [0.1, 0.15) is 6.10 Å². The van der Waals surface area contributed by atoms with Gasteiger partial charge in [-0.05, 0) is 29.3 Å². The molecule has 0 amide bonds. The largest absolute Gasteiger partial charge is 0.384 e. The summed E-state index contributed by atoms with van der Waals surface area (Å²) < 4.78 is 0. The summed E-state index contributed by atoms with van der Waals surface area (Å²) >= 11 is 5.92. The van der Waals surface area contributed by atoms with Crippen LogP contribution in [0.2, 0.25) is 5.02 Å². The second-order valence-corrected chi connectivity index (χ2v) is 6.10. The number of aliphatic hydroxyl groups is 1. The monoisotopic (exact) mass is 348 g/mol. The highest BCUT2D eigenvalue weighted by atomic mass is 35.5. The van der Waals surface area contributed by atoms with Crippen LogP contribution in [-0.2, 0) is 0 Å². The highest BCUT2D eigenvalue weighted by molar-refractivity contribution is 6.30. The molecular formula is C22H17ClO2. The van der Waals surface area contributed by atoms with Crippen LogP contribution in [0.15, 0.2) is 90.5 Å². The first-order chi connectivity index (χ1) is 12.1. The minimum atomic E-state index is -1.04. The molecule has 1 atom stereocenters. The van der Waals surface area contributed by atoms with E-state index in [4.69, 9.17) is 11.6 Å². The molecule has 0 aliphatic carbocycles. The van der Waals surface area contributed by atoms with Gasteiger partial charge in [-0.2, -0.15) is 0 Å². The summed E-state index contributed by atoms with van der Waals surface area (Å²) in [4.78, 5) is 13.0. The Morgan fingerprint density at radius 1 is 0.840 bits per heavy atom. The van der Waals surface area contributed by atoms with Crippen LogP contribution in [0.4, 0.5) is 0 Å². The third kappa shape index (κ3) is 4.24. The highest BCUT2D eigenvalue weighted by Gasteiger charge is 2.21. The van der Waals surface area contributed by atoms with Crippen LogP contribution >= 0.6 is 11.6 Å². The van der Waals surface area contributed by atoms with E-state index in [-0.39, 0.29) is 5.78 Å². The third-order valence-corrected chi connectivity index (χ3v) is 4.15. The normalized spacial score (nSPS) is 12.6. The minimum Gasteiger partial charge on any atom is -0.384 e. The summed E-state index contributed by atoms with van der Waals surface area (Å²) in [5, 5.41) is 11.4. The average molecular weight is 349 g/mol. The van der Waals surface area contributed by atoms with E-state index in [1.807, 2.05) is 48.5 Å². The second kappa shape index (κ2) is 7.93. The third-order valence-electron chi connectivity index (χ3n) is 3.90. The van der Waals surface area contributed by atoms with Gasteiger partial charge in [0, 0.05) is 16.2 Å². The van der Waals surface area contributed by atoms with Crippen molar-refractivity contribution in [1.82, 2.24) is 0 Å². The number of hydrogen-bond acceptors (Lipinski definition) is 2. The Bertz CT molecular complexity index is 869. The maximum atomic E-state index is 13.0. The topological polar surface area (TPSA) is 37.3 Å². The molecule has 0 bridgehead atoms. The Labute approximate surface area is 152 Å². The zero-order chi connectivity index (χ0) is 17.6. The van der Waals surface area contributed by atoms with Crippen molar-refractivity contribution >= 4 is 23.5 Å². The van der Waals surface area contributed by atoms with E-state index in [9.17, 15) is 9.90 Å². The first-order valence-corrected chi connectivity index (χ1v) is 8.33. The smallest absolute Gasteiger partial charge is 0.191 e. The van der Waals surface area contributed by atoms with Crippen LogP contribution in [0, 0.1) is 0 Å². The van der Waals surface area contributed by atoms with E-state index in [2.05, 4.69) is 0 Å². The lowest BCUT2D eigenvalue weighted by atomic mass is 9.92. The molecule has 3 heteroatoms. The maximum Gasteiger partial charge on any atom is 0.191 e. The van der Waals surface area contributed by atoms with Crippen molar-refractivity contribution < 1.29 is 9.90 Å². The molecule has 0 saturated heterocycles. The summed E-state index contributed by atoms with van der Waals surface area (Å²) in [5.41, 5.74) is 2.34. The predicted octanol–water partition coefficient (Wildman–Crippen LogP) is 5.34. The fourth-order valence-electron chi connectivity index (χ4n) is 2.58. The van der Waals surface area contributed by atoms with E-state index < -0.39 is 6.10 Å². The Kier molecular flexibility index (Phi) is 5.44. The molecule has 0 fully saturated rings. The van der Waals surface area contributed by atoms with Gasteiger partial charge in [-0.3, -0.25) is 4.79 Å². The molecule has 1 N–H and O–H groups in total. The van der Waals surface area contributed by atoms with Crippen molar-refractivity contribution in [3.63, 3.8) is 0 Å². The van der Waals surface area contributed by atoms with Crippen molar-refractivity contribution in [2.45, 2.75) is 6.10 Å². The number of carbonyl (C=O) groups is 1. The zero-order valence-corrected chi connectivity index (χ0v) is 14.2. The predicted molar refractivity (Wildman–Crippen MR) is 102 cm³/mol. The molecule has 3 aromatic rings. The van der Waals surface area contributed by atoms with Gasteiger partial charge in [-0.25, -0.2) is 0 Å². The van der Waals surface area contributed by atoms with Crippen molar-refractivity contribution in [1.29, 1.82) is 0 Å². The van der Waals surface area contributed by atoms with Crippen LogP contribution in [0.25, 0.3) is 6.08 Å². The molecule has 0 heterocycles. The summed E-state index contributed by atoms with van der Waals surface area (Å²) in [6.45, 7) is 0. The summed E-state index contributed by atoms with van der Waals surface area (Å²) in [7, 11) is 0. The van der Waals surface area contributed by atoms with Gasteiger partial charge in [0.05, 0.1) is 0 Å². The summed E-state index contributed by atoms with van der Waals surface area (Å²) in [6, 6.07) is 25.3. The standard InChI is InChI=1S/C22H17ClO2/c23-19-13-11-18(12-14-19)22(25)20(15-16-7-3-1-4-8-16)21(24)17-9-5-2-6-10-17/h1-15,22,25H/b20-15+. The van der Waals surface area contributed by atoms with Gasteiger partial charge in [0.2, 0.25) is 0 Å². The van der Waals surface area contributed by atoms with Crippen LogP contribution in [0.1, 0.15) is 27.6 Å². The second-order valence-electron chi connectivity index (χ2n) is 5.66. The van der Waals surface area contributed by atoms with E-state index in [0.717, 1.165) is 5.56 Å². The number of halogens is 1. The molecule has 3 rings (SSSR count). The molecule has 0 aliphatic rings. The van der Waals surface area contributed by atoms with Crippen molar-refractivity contribution in [2.24, 2.45) is 0 Å². The Morgan fingerprint density at radius 3 is 2.00 bits per heavy atom. The summed E-state index contributed by atoms with van der Waals surface area (Å²) in [5.74, 6) is -0.202. The van der Waals surface area contributed by atoms with E-state index in [1.165, 1.54) is 0 Å². The van der Waals surface area contributed by atoms with Crippen molar-refractivity contribution in [2.75, 3.05) is 0 Å². The fourth-order valence-corrected chi connectivity index (χ4v) is 2.70. The lowest BCUT2D eigenvalue weighted by molar-refractivity contribution is 0.0989. The van der Waals surface area contributed by atoms with Crippen molar-refractivity contribution in [3.8, 4) is 0 Å². The van der Waals surface area contributed by atoms with Crippen molar-refractivity contribution in [3.05, 3.63) is 112 Å². The van der Waals surface area contributed by atoms with Gasteiger partial charge < -0.3 is 5.11 Å². The van der Waals surface area contributed by atoms with Crippen LogP contribution < -0.4 is 0 Å². The Hall–Kier alpha value is -2.68. The van der Waals surface area contributed by atoms with Gasteiger partial charge in [0.25, 0.3) is 0 Å². The fraction of sp³-hybridized carbons (Fsp3) is 0.0455. The molecule has 0 aliphatic heterocycles. The van der Waals surface area contributed by atoms with Crippen LogP contribution in [-0.4, -0.2) is 10.9 Å². The first-order valence-electron chi connectivity index (χ1n) is 7.95. The molecular weight excluding hydrogens is 332 g/mol. The Balaban J connectivity index is 2.04. The number of benzene rings is 3. The number of aliphatic hydroxyl groups excluding tert-OH is 1. The van der Waals surface area contributed by atoms with Crippen LogP contribution in [0.3, 0.4) is 0 Å². The van der Waals surface area contributed by atoms with E-state index in [1.54, 1.807) is 42.5 Å². The lowest BCUT2D eigenvalue weighted by Gasteiger charge is -2.15. The lowest BCUT2D eigenvalue weighted by Crippen LogP contribution is -2.12. The number of ketones is 1. The molecule has 0 radical (unpaired) electrons. The number of rotatable bonds is 5. The quantitative estimate of drug-likeness (QED) is 0.499. The molecule has 3 aromatic carbocycles. The molecule has 2 nitrogen and oxygen atoms in total. The number of Topliss-reactive ketones (excluding diaryl/α,β-unsaturated/α-hetero) is 1. The first kappa shape index (κ1) is 17.2. The van der Waals surface area contributed by atoms with Gasteiger partial charge in [0.15, 0.2) is 5.78 Å². The van der Waals surface area contributed by atoms with Gasteiger partial charge >= 0.3 is 0 Å². The van der Waals surface area contributed by atoms with Crippen LogP contribution in [0.5, 0.6) is 0 Å². The molecule has 25 heavy (non-hydrogen) atoms.